The highest BCUT2D eigenvalue weighted by Crippen LogP contribution is 2.27. The molecule has 0 aromatic heterocycles. The van der Waals surface area contributed by atoms with Gasteiger partial charge in [0.15, 0.2) is 19.7 Å². The van der Waals surface area contributed by atoms with Crippen LogP contribution in [-0.2, 0) is 29.7 Å². The van der Waals surface area contributed by atoms with E-state index >= 15 is 0 Å². The van der Waals surface area contributed by atoms with Gasteiger partial charge < -0.3 is 0 Å². The van der Waals surface area contributed by atoms with Gasteiger partial charge in [-0.3, -0.25) is 4.72 Å². The van der Waals surface area contributed by atoms with E-state index in [1.54, 1.807) is 0 Å². The molecule has 1 saturated heterocycles. The monoisotopic (exact) mass is 433 g/mol. The molecule has 1 aliphatic rings. The molecule has 1 atom stereocenters. The molecule has 7 nitrogen and oxygen atoms in total. The number of sulfonamides is 1. The number of sulfone groups is 2. The zero-order valence-electron chi connectivity index (χ0n) is 13.9. The van der Waals surface area contributed by atoms with Crippen molar-refractivity contribution < 1.29 is 29.6 Å². The van der Waals surface area contributed by atoms with Crippen molar-refractivity contribution in [2.45, 2.75) is 21.5 Å². The zero-order chi connectivity index (χ0) is 19.9. The van der Waals surface area contributed by atoms with E-state index in [1.807, 2.05) is 0 Å². The van der Waals surface area contributed by atoms with Gasteiger partial charge in [0.1, 0.15) is 5.82 Å². The summed E-state index contributed by atoms with van der Waals surface area (Å²) in [5.41, 5.74) is -0.00912. The fourth-order valence-corrected chi connectivity index (χ4v) is 8.36. The molecule has 3 rings (SSSR count). The highest BCUT2D eigenvalue weighted by Gasteiger charge is 2.38. The molecule has 27 heavy (non-hydrogen) atoms. The molecular formula is C16H16FNO6S3. The maximum Gasteiger partial charge on any atom is 0.261 e. The third kappa shape index (κ3) is 4.30. The van der Waals surface area contributed by atoms with Crippen LogP contribution in [0.5, 0.6) is 0 Å². The van der Waals surface area contributed by atoms with E-state index in [0.29, 0.717) is 0 Å². The average Bonchev–Trinajstić information content (AvgIpc) is 2.95. The summed E-state index contributed by atoms with van der Waals surface area (Å²) in [7, 11) is -11.6. The first-order valence-corrected chi connectivity index (χ1v) is 12.7. The molecule has 146 valence electrons. The topological polar surface area (TPSA) is 114 Å². The normalized spacial score (nSPS) is 19.7. The van der Waals surface area contributed by atoms with Gasteiger partial charge in [0.05, 0.1) is 32.2 Å². The quantitative estimate of drug-likeness (QED) is 0.766. The maximum atomic E-state index is 13.2. The second kappa shape index (κ2) is 6.88. The van der Waals surface area contributed by atoms with Crippen molar-refractivity contribution >= 4 is 35.4 Å². The third-order valence-corrected chi connectivity index (χ3v) is 9.70. The number of halogens is 1. The van der Waals surface area contributed by atoms with Crippen molar-refractivity contribution in [2.24, 2.45) is 0 Å². The largest absolute Gasteiger partial charge is 0.280 e. The molecule has 1 fully saturated rings. The van der Waals surface area contributed by atoms with Gasteiger partial charge in [0.2, 0.25) is 0 Å². The van der Waals surface area contributed by atoms with E-state index in [-0.39, 0.29) is 27.7 Å². The predicted molar refractivity (Wildman–Crippen MR) is 97.9 cm³/mol. The first-order chi connectivity index (χ1) is 12.5. The molecule has 0 saturated carbocycles. The van der Waals surface area contributed by atoms with E-state index in [9.17, 15) is 29.6 Å². The Bertz CT molecular complexity index is 1190. The number of nitrogens with one attached hydrogen (secondary N) is 1. The zero-order valence-corrected chi connectivity index (χ0v) is 16.3. The Balaban J connectivity index is 1.93. The highest BCUT2D eigenvalue weighted by molar-refractivity contribution is 7.96. The van der Waals surface area contributed by atoms with Gasteiger partial charge in [-0.05, 0) is 42.8 Å². The van der Waals surface area contributed by atoms with E-state index < -0.39 is 46.5 Å². The van der Waals surface area contributed by atoms with Gasteiger partial charge in [0.25, 0.3) is 10.0 Å². The second-order valence-corrected chi connectivity index (χ2v) is 12.3. The number of benzene rings is 2. The molecule has 0 unspecified atom stereocenters. The van der Waals surface area contributed by atoms with Crippen molar-refractivity contribution in [2.75, 3.05) is 16.2 Å². The van der Waals surface area contributed by atoms with Crippen LogP contribution in [0, 0.1) is 5.82 Å². The van der Waals surface area contributed by atoms with Crippen LogP contribution >= 0.6 is 0 Å². The third-order valence-electron chi connectivity index (χ3n) is 4.15. The molecule has 0 radical (unpaired) electrons. The molecule has 11 heteroatoms. The molecule has 1 heterocycles. The molecule has 0 aliphatic carbocycles. The summed E-state index contributed by atoms with van der Waals surface area (Å²) in [6.45, 7) is 0. The number of hydrogen-bond acceptors (Lipinski definition) is 6. The number of rotatable bonds is 5. The van der Waals surface area contributed by atoms with E-state index in [0.717, 1.165) is 18.2 Å². The minimum atomic E-state index is -4.16. The fourth-order valence-electron chi connectivity index (χ4n) is 2.78. The van der Waals surface area contributed by atoms with Crippen LogP contribution < -0.4 is 4.72 Å². The Morgan fingerprint density at radius 1 is 0.963 bits per heavy atom. The lowest BCUT2D eigenvalue weighted by Crippen LogP contribution is -2.23. The number of hydrogen-bond donors (Lipinski definition) is 1. The van der Waals surface area contributed by atoms with E-state index in [1.165, 1.54) is 30.3 Å². The SMILES string of the molecule is O=S1(=O)CC[C@H](S(=O)(=O)c2cccc(S(=O)(=O)Nc3cccc(F)c3)c2)C1. The van der Waals surface area contributed by atoms with Crippen LogP contribution in [-0.4, -0.2) is 42.0 Å². The van der Waals surface area contributed by atoms with Gasteiger partial charge in [-0.25, -0.2) is 29.6 Å². The Morgan fingerprint density at radius 3 is 2.26 bits per heavy atom. The molecule has 0 spiro atoms. The van der Waals surface area contributed by atoms with Crippen molar-refractivity contribution in [1.82, 2.24) is 0 Å². The van der Waals surface area contributed by atoms with Crippen molar-refractivity contribution in [3.63, 3.8) is 0 Å². The summed E-state index contributed by atoms with van der Waals surface area (Å²) in [5.74, 6) is -1.32. The van der Waals surface area contributed by atoms with Gasteiger partial charge in [0, 0.05) is 0 Å². The van der Waals surface area contributed by atoms with Crippen LogP contribution in [0.2, 0.25) is 0 Å². The van der Waals surface area contributed by atoms with E-state index in [4.69, 9.17) is 0 Å². The molecule has 2 aromatic carbocycles. The highest BCUT2D eigenvalue weighted by atomic mass is 32.2. The lowest BCUT2D eigenvalue weighted by atomic mass is 10.3. The van der Waals surface area contributed by atoms with Crippen molar-refractivity contribution in [3.05, 3.63) is 54.3 Å². The van der Waals surface area contributed by atoms with Gasteiger partial charge in [-0.2, -0.15) is 0 Å². The lowest BCUT2D eigenvalue weighted by Gasteiger charge is -2.12. The summed E-state index contributed by atoms with van der Waals surface area (Å²) in [4.78, 5) is -0.597. The summed E-state index contributed by atoms with van der Waals surface area (Å²) in [5, 5.41) is -1.10. The minimum absolute atomic E-state index is 0.00912. The molecule has 1 aliphatic heterocycles. The van der Waals surface area contributed by atoms with Crippen LogP contribution in [0.4, 0.5) is 10.1 Å². The van der Waals surface area contributed by atoms with Crippen LogP contribution in [0.1, 0.15) is 6.42 Å². The maximum absolute atomic E-state index is 13.2. The van der Waals surface area contributed by atoms with Crippen LogP contribution in [0.3, 0.4) is 0 Å². The Hall–Kier alpha value is -1.98. The van der Waals surface area contributed by atoms with Crippen molar-refractivity contribution in [1.29, 1.82) is 0 Å². The van der Waals surface area contributed by atoms with Gasteiger partial charge in [-0.1, -0.05) is 12.1 Å². The first kappa shape index (κ1) is 19.8. The Morgan fingerprint density at radius 2 is 1.63 bits per heavy atom. The molecular weight excluding hydrogens is 417 g/mol. The van der Waals surface area contributed by atoms with E-state index in [2.05, 4.69) is 4.72 Å². The predicted octanol–water partition coefficient (Wildman–Crippen LogP) is 1.59. The molecule has 0 amide bonds. The summed E-state index contributed by atoms with van der Waals surface area (Å²) >= 11 is 0. The summed E-state index contributed by atoms with van der Waals surface area (Å²) in [6.07, 6.45) is -0.0246. The molecule has 0 bridgehead atoms. The summed E-state index contributed by atoms with van der Waals surface area (Å²) < 4.78 is 88.9. The van der Waals surface area contributed by atoms with Crippen LogP contribution in [0.15, 0.2) is 58.3 Å². The number of anilines is 1. The Kier molecular flexibility index (Phi) is 5.04. The van der Waals surface area contributed by atoms with Crippen LogP contribution in [0.25, 0.3) is 0 Å². The first-order valence-electron chi connectivity index (χ1n) is 7.82. The second-order valence-electron chi connectivity index (χ2n) is 6.16. The standard InChI is InChI=1S/C16H16FNO6S3/c17-12-3-1-4-13(9-12)18-27(23,24)15-6-2-5-14(10-15)26(21,22)16-7-8-25(19,20)11-16/h1-6,9-10,16,18H,7-8,11H2/t16-/m0/s1. The van der Waals surface area contributed by atoms with Gasteiger partial charge in [-0.15, -0.1) is 0 Å². The fraction of sp³-hybridized carbons (Fsp3) is 0.250. The molecule has 1 N–H and O–H groups in total. The smallest absolute Gasteiger partial charge is 0.261 e. The Labute approximate surface area is 157 Å². The average molecular weight is 434 g/mol. The minimum Gasteiger partial charge on any atom is -0.280 e. The lowest BCUT2D eigenvalue weighted by molar-refractivity contribution is 0.582. The molecule has 2 aromatic rings. The summed E-state index contributed by atoms with van der Waals surface area (Å²) in [6, 6.07) is 9.48. The van der Waals surface area contributed by atoms with Gasteiger partial charge >= 0.3 is 0 Å². The van der Waals surface area contributed by atoms with Crippen molar-refractivity contribution in [3.8, 4) is 0 Å².